The van der Waals surface area contributed by atoms with Crippen LogP contribution in [0, 0.1) is 0 Å². The predicted octanol–water partition coefficient (Wildman–Crippen LogP) is 0.992. The maximum atomic E-state index is 11.1. The summed E-state index contributed by atoms with van der Waals surface area (Å²) in [5.74, 6) is 0.281. The highest BCUT2D eigenvalue weighted by atomic mass is 32.2. The van der Waals surface area contributed by atoms with E-state index in [-0.39, 0.29) is 5.75 Å². The molecule has 0 aliphatic carbocycles. The number of likely N-dealkylation sites (tertiary alicyclic amines) is 1. The first-order valence-corrected chi connectivity index (χ1v) is 8.42. The van der Waals surface area contributed by atoms with E-state index in [9.17, 15) is 8.42 Å². The fourth-order valence-electron chi connectivity index (χ4n) is 2.61. The first-order valence-electron chi connectivity index (χ1n) is 6.36. The lowest BCUT2D eigenvalue weighted by Crippen LogP contribution is -2.25. The van der Waals surface area contributed by atoms with Gasteiger partial charge in [-0.2, -0.15) is 5.10 Å². The summed E-state index contributed by atoms with van der Waals surface area (Å²) in [7, 11) is -0.914. The van der Waals surface area contributed by atoms with E-state index in [1.54, 1.807) is 0 Å². The number of hydrogen-bond acceptors (Lipinski definition) is 4. The van der Waals surface area contributed by atoms with Crippen LogP contribution in [0.4, 0.5) is 0 Å². The van der Waals surface area contributed by atoms with Crippen LogP contribution in [-0.4, -0.2) is 48.2 Å². The minimum Gasteiger partial charge on any atom is -0.296 e. The third kappa shape index (κ3) is 3.55. The molecule has 2 heterocycles. The number of hydrogen-bond donors (Lipinski definition) is 0. The molecule has 1 aliphatic heterocycles. The van der Waals surface area contributed by atoms with Crippen molar-refractivity contribution in [3.8, 4) is 0 Å². The van der Waals surface area contributed by atoms with Crippen LogP contribution in [0.15, 0.2) is 12.4 Å². The molecule has 1 aliphatic rings. The van der Waals surface area contributed by atoms with E-state index in [1.807, 2.05) is 17.9 Å². The first kappa shape index (κ1) is 13.5. The van der Waals surface area contributed by atoms with Crippen LogP contribution < -0.4 is 0 Å². The van der Waals surface area contributed by atoms with E-state index >= 15 is 0 Å². The van der Waals surface area contributed by atoms with Crippen molar-refractivity contribution in [1.82, 2.24) is 14.7 Å². The molecule has 0 radical (unpaired) electrons. The largest absolute Gasteiger partial charge is 0.296 e. The zero-order valence-corrected chi connectivity index (χ0v) is 11.9. The second-order valence-electron chi connectivity index (χ2n) is 5.12. The zero-order valence-electron chi connectivity index (χ0n) is 11.0. The average Bonchev–Trinajstić information content (AvgIpc) is 2.84. The van der Waals surface area contributed by atoms with Crippen LogP contribution in [-0.2, 0) is 16.9 Å². The molecule has 6 heteroatoms. The van der Waals surface area contributed by atoms with Crippen molar-refractivity contribution >= 4 is 9.84 Å². The highest BCUT2D eigenvalue weighted by molar-refractivity contribution is 7.90. The molecule has 0 saturated carbocycles. The second-order valence-corrected chi connectivity index (χ2v) is 7.38. The standard InChI is InChI=1S/C12H21N3O2S/c1-14-10-11(9-13-14)12-5-3-6-15(12)7-4-8-18(2,16)17/h9-10,12H,3-8H2,1-2H3/t12-/m1/s1. The van der Waals surface area contributed by atoms with Gasteiger partial charge in [0.2, 0.25) is 0 Å². The Kier molecular flexibility index (Phi) is 4.07. The van der Waals surface area contributed by atoms with Gasteiger partial charge in [0.25, 0.3) is 0 Å². The maximum absolute atomic E-state index is 11.1. The van der Waals surface area contributed by atoms with E-state index < -0.39 is 9.84 Å². The minimum atomic E-state index is -2.84. The second kappa shape index (κ2) is 5.40. The first-order chi connectivity index (χ1) is 8.46. The summed E-state index contributed by atoms with van der Waals surface area (Å²) in [5.41, 5.74) is 1.24. The van der Waals surface area contributed by atoms with Gasteiger partial charge in [-0.3, -0.25) is 9.58 Å². The molecular weight excluding hydrogens is 250 g/mol. The number of aromatic nitrogens is 2. The van der Waals surface area contributed by atoms with Crippen molar-refractivity contribution in [3.05, 3.63) is 18.0 Å². The highest BCUT2D eigenvalue weighted by Gasteiger charge is 2.26. The molecule has 0 amide bonds. The van der Waals surface area contributed by atoms with E-state index in [1.165, 1.54) is 18.2 Å². The van der Waals surface area contributed by atoms with Gasteiger partial charge in [-0.1, -0.05) is 0 Å². The van der Waals surface area contributed by atoms with Crippen molar-refractivity contribution in [1.29, 1.82) is 0 Å². The molecule has 1 fully saturated rings. The Morgan fingerprint density at radius 1 is 1.50 bits per heavy atom. The van der Waals surface area contributed by atoms with E-state index in [0.717, 1.165) is 25.9 Å². The molecule has 0 unspecified atom stereocenters. The molecule has 1 aromatic rings. The number of aryl methyl sites for hydroxylation is 1. The normalized spacial score (nSPS) is 21.6. The van der Waals surface area contributed by atoms with Crippen molar-refractivity contribution in [2.24, 2.45) is 7.05 Å². The van der Waals surface area contributed by atoms with Crippen LogP contribution in [0.25, 0.3) is 0 Å². The van der Waals surface area contributed by atoms with Crippen molar-refractivity contribution < 1.29 is 8.42 Å². The SMILES string of the molecule is Cn1cc([C@H]2CCCN2CCCS(C)(=O)=O)cn1. The summed E-state index contributed by atoms with van der Waals surface area (Å²) < 4.78 is 24.1. The minimum absolute atomic E-state index is 0.281. The Morgan fingerprint density at radius 3 is 2.89 bits per heavy atom. The quantitative estimate of drug-likeness (QED) is 0.801. The fourth-order valence-corrected chi connectivity index (χ4v) is 3.27. The third-order valence-electron chi connectivity index (χ3n) is 3.43. The van der Waals surface area contributed by atoms with Crippen molar-refractivity contribution in [2.45, 2.75) is 25.3 Å². The van der Waals surface area contributed by atoms with Gasteiger partial charge in [-0.05, 0) is 32.4 Å². The predicted molar refractivity (Wildman–Crippen MR) is 71.1 cm³/mol. The monoisotopic (exact) mass is 271 g/mol. The summed E-state index contributed by atoms with van der Waals surface area (Å²) in [5, 5.41) is 4.21. The Morgan fingerprint density at radius 2 is 2.28 bits per heavy atom. The van der Waals surface area contributed by atoms with Gasteiger partial charge in [0, 0.05) is 31.1 Å². The summed E-state index contributed by atoms with van der Waals surface area (Å²) in [4.78, 5) is 2.38. The van der Waals surface area contributed by atoms with Crippen LogP contribution in [0.3, 0.4) is 0 Å². The Bertz CT molecular complexity index is 495. The molecule has 18 heavy (non-hydrogen) atoms. The average molecular weight is 271 g/mol. The van der Waals surface area contributed by atoms with E-state index in [0.29, 0.717) is 6.04 Å². The molecule has 0 N–H and O–H groups in total. The van der Waals surface area contributed by atoms with Crippen LogP contribution in [0.5, 0.6) is 0 Å². The molecule has 2 rings (SSSR count). The lowest BCUT2D eigenvalue weighted by atomic mass is 10.1. The van der Waals surface area contributed by atoms with Gasteiger partial charge in [-0.15, -0.1) is 0 Å². The van der Waals surface area contributed by atoms with Gasteiger partial charge in [0.15, 0.2) is 0 Å². The van der Waals surface area contributed by atoms with E-state index in [2.05, 4.69) is 16.2 Å². The van der Waals surface area contributed by atoms with Gasteiger partial charge in [0.05, 0.1) is 11.9 Å². The molecular formula is C12H21N3O2S. The highest BCUT2D eigenvalue weighted by Crippen LogP contribution is 2.31. The zero-order chi connectivity index (χ0) is 13.2. The summed E-state index contributed by atoms with van der Waals surface area (Å²) in [6, 6.07) is 0.415. The summed E-state index contributed by atoms with van der Waals surface area (Å²) in [6.07, 6.45) is 8.31. The topological polar surface area (TPSA) is 55.2 Å². The lowest BCUT2D eigenvalue weighted by Gasteiger charge is -2.23. The van der Waals surface area contributed by atoms with Gasteiger partial charge in [0.1, 0.15) is 9.84 Å². The number of nitrogens with zero attached hydrogens (tertiary/aromatic N) is 3. The third-order valence-corrected chi connectivity index (χ3v) is 4.46. The van der Waals surface area contributed by atoms with Crippen molar-refractivity contribution in [3.63, 3.8) is 0 Å². The number of sulfone groups is 1. The molecule has 1 aromatic heterocycles. The fraction of sp³-hybridized carbons (Fsp3) is 0.750. The van der Waals surface area contributed by atoms with E-state index in [4.69, 9.17) is 0 Å². The van der Waals surface area contributed by atoms with Gasteiger partial charge >= 0.3 is 0 Å². The molecule has 1 saturated heterocycles. The molecule has 102 valence electrons. The maximum Gasteiger partial charge on any atom is 0.147 e. The van der Waals surface area contributed by atoms with Gasteiger partial charge < -0.3 is 0 Å². The van der Waals surface area contributed by atoms with Crippen LogP contribution >= 0.6 is 0 Å². The Hall–Kier alpha value is -0.880. The van der Waals surface area contributed by atoms with Crippen LogP contribution in [0.2, 0.25) is 0 Å². The molecule has 5 nitrogen and oxygen atoms in total. The van der Waals surface area contributed by atoms with Gasteiger partial charge in [-0.25, -0.2) is 8.42 Å². The Labute approximate surface area is 109 Å². The van der Waals surface area contributed by atoms with Crippen molar-refractivity contribution in [2.75, 3.05) is 25.1 Å². The molecule has 0 aromatic carbocycles. The molecule has 0 bridgehead atoms. The Balaban J connectivity index is 1.92. The smallest absolute Gasteiger partial charge is 0.147 e. The lowest BCUT2D eigenvalue weighted by molar-refractivity contribution is 0.258. The molecule has 0 spiro atoms. The van der Waals surface area contributed by atoms with Crippen LogP contribution in [0.1, 0.15) is 30.9 Å². The summed E-state index contributed by atoms with van der Waals surface area (Å²) in [6.45, 7) is 1.91. The summed E-state index contributed by atoms with van der Waals surface area (Å²) >= 11 is 0. The molecule has 1 atom stereocenters. The number of rotatable bonds is 5.